The molecule has 0 radical (unpaired) electrons. The Bertz CT molecular complexity index is 659. The maximum atomic E-state index is 13.6. The summed E-state index contributed by atoms with van der Waals surface area (Å²) in [5, 5.41) is 8.87. The third-order valence-electron chi connectivity index (χ3n) is 3.47. The van der Waals surface area contributed by atoms with Gasteiger partial charge < -0.3 is 9.84 Å². The fourth-order valence-corrected chi connectivity index (χ4v) is 3.36. The first-order valence-corrected chi connectivity index (χ1v) is 8.86. The third kappa shape index (κ3) is 5.45. The number of nitrogens with zero attached hydrogens (tertiary/aromatic N) is 1. The zero-order valence-electron chi connectivity index (χ0n) is 12.5. The van der Waals surface area contributed by atoms with Crippen LogP contribution in [-0.4, -0.2) is 63.0 Å². The van der Waals surface area contributed by atoms with Gasteiger partial charge in [-0.15, -0.1) is 0 Å². The number of sulfonamides is 1. The van der Waals surface area contributed by atoms with Gasteiger partial charge in [0.25, 0.3) is 0 Å². The number of halogens is 1. The second kappa shape index (κ2) is 7.71. The summed E-state index contributed by atoms with van der Waals surface area (Å²) < 4.78 is 45.0. The Labute approximate surface area is 134 Å². The van der Waals surface area contributed by atoms with E-state index in [9.17, 15) is 17.6 Å². The number of hydrogen-bond donors (Lipinski definition) is 2. The van der Waals surface area contributed by atoms with E-state index in [1.807, 2.05) is 0 Å². The molecule has 0 aromatic heterocycles. The van der Waals surface area contributed by atoms with Crippen LogP contribution in [0.5, 0.6) is 0 Å². The predicted octanol–water partition coefficient (Wildman–Crippen LogP) is 0.988. The summed E-state index contributed by atoms with van der Waals surface area (Å²) in [5.41, 5.74) is -0.534. The van der Waals surface area contributed by atoms with Gasteiger partial charge in [0.05, 0.1) is 30.2 Å². The molecule has 1 aromatic carbocycles. The van der Waals surface area contributed by atoms with Gasteiger partial charge in [-0.05, 0) is 31.2 Å². The van der Waals surface area contributed by atoms with Gasteiger partial charge in [0.1, 0.15) is 5.82 Å². The van der Waals surface area contributed by atoms with Crippen molar-refractivity contribution < 1.29 is 27.4 Å². The van der Waals surface area contributed by atoms with Crippen molar-refractivity contribution in [3.8, 4) is 0 Å². The van der Waals surface area contributed by atoms with E-state index in [4.69, 9.17) is 9.84 Å². The maximum Gasteiger partial charge on any atom is 0.335 e. The van der Waals surface area contributed by atoms with E-state index < -0.39 is 21.8 Å². The molecule has 128 valence electrons. The van der Waals surface area contributed by atoms with Crippen LogP contribution < -0.4 is 4.72 Å². The number of carboxylic acids is 1. The van der Waals surface area contributed by atoms with Gasteiger partial charge in [-0.1, -0.05) is 0 Å². The largest absolute Gasteiger partial charge is 0.478 e. The van der Waals surface area contributed by atoms with Crippen LogP contribution in [0.3, 0.4) is 0 Å². The van der Waals surface area contributed by atoms with Gasteiger partial charge in [0.2, 0.25) is 10.0 Å². The van der Waals surface area contributed by atoms with E-state index in [-0.39, 0.29) is 17.0 Å². The van der Waals surface area contributed by atoms with E-state index in [2.05, 4.69) is 9.62 Å². The second-order valence-corrected chi connectivity index (χ2v) is 7.07. The summed E-state index contributed by atoms with van der Waals surface area (Å²) in [5.74, 6) is -2.23. The number of morpholine rings is 1. The highest BCUT2D eigenvalue weighted by Gasteiger charge is 2.17. The minimum atomic E-state index is -3.74. The highest BCUT2D eigenvalue weighted by molar-refractivity contribution is 7.92. The van der Waals surface area contributed by atoms with E-state index in [1.54, 1.807) is 0 Å². The van der Waals surface area contributed by atoms with Gasteiger partial charge in [-0.2, -0.15) is 0 Å². The van der Waals surface area contributed by atoms with Crippen LogP contribution in [0.2, 0.25) is 0 Å². The molecule has 9 heteroatoms. The van der Waals surface area contributed by atoms with Crippen LogP contribution in [0.1, 0.15) is 16.8 Å². The summed E-state index contributed by atoms with van der Waals surface area (Å²) in [6.45, 7) is 3.42. The Kier molecular flexibility index (Phi) is 5.91. The number of benzene rings is 1. The van der Waals surface area contributed by atoms with Gasteiger partial charge in [0.15, 0.2) is 0 Å². The molecule has 0 saturated carbocycles. The molecular formula is C14H19FN2O5S. The lowest BCUT2D eigenvalue weighted by molar-refractivity contribution is 0.0381. The molecule has 7 nitrogen and oxygen atoms in total. The molecule has 1 aliphatic heterocycles. The SMILES string of the molecule is O=C(O)c1ccc(F)c(NS(=O)(=O)CCCN2CCOCC2)c1. The molecule has 0 aliphatic carbocycles. The smallest absolute Gasteiger partial charge is 0.335 e. The zero-order valence-corrected chi connectivity index (χ0v) is 13.3. The first-order chi connectivity index (χ1) is 10.9. The Morgan fingerprint density at radius 1 is 1.35 bits per heavy atom. The first-order valence-electron chi connectivity index (χ1n) is 7.21. The molecule has 0 amide bonds. The van der Waals surface area contributed by atoms with Crippen LogP contribution in [0.25, 0.3) is 0 Å². The maximum absolute atomic E-state index is 13.6. The van der Waals surface area contributed by atoms with Gasteiger partial charge in [-0.3, -0.25) is 9.62 Å². The number of carbonyl (C=O) groups is 1. The van der Waals surface area contributed by atoms with Gasteiger partial charge in [-0.25, -0.2) is 17.6 Å². The van der Waals surface area contributed by atoms with Crippen molar-refractivity contribution in [1.82, 2.24) is 4.90 Å². The quantitative estimate of drug-likeness (QED) is 0.764. The molecule has 2 rings (SSSR count). The molecule has 0 atom stereocenters. The predicted molar refractivity (Wildman–Crippen MR) is 82.6 cm³/mol. The summed E-state index contributed by atoms with van der Waals surface area (Å²) in [6, 6.07) is 2.97. The van der Waals surface area contributed by atoms with Crippen LogP contribution in [0, 0.1) is 5.82 Å². The monoisotopic (exact) mass is 346 g/mol. The molecular weight excluding hydrogens is 327 g/mol. The highest BCUT2D eigenvalue weighted by atomic mass is 32.2. The number of hydrogen-bond acceptors (Lipinski definition) is 5. The minimum Gasteiger partial charge on any atom is -0.478 e. The van der Waals surface area contributed by atoms with Crippen molar-refractivity contribution in [2.24, 2.45) is 0 Å². The molecule has 1 heterocycles. The lowest BCUT2D eigenvalue weighted by Crippen LogP contribution is -2.37. The molecule has 23 heavy (non-hydrogen) atoms. The number of anilines is 1. The third-order valence-corrected chi connectivity index (χ3v) is 4.83. The molecule has 2 N–H and O–H groups in total. The van der Waals surface area contributed by atoms with E-state index in [0.717, 1.165) is 31.3 Å². The van der Waals surface area contributed by atoms with Crippen molar-refractivity contribution in [2.45, 2.75) is 6.42 Å². The minimum absolute atomic E-state index is 0.166. The Morgan fingerprint density at radius 3 is 2.70 bits per heavy atom. The normalized spacial score (nSPS) is 16.2. The summed E-state index contributed by atoms with van der Waals surface area (Å²) >= 11 is 0. The first kappa shape index (κ1) is 17.6. The van der Waals surface area contributed by atoms with Gasteiger partial charge >= 0.3 is 5.97 Å². The number of carboxylic acid groups (broad SMARTS) is 1. The Hall–Kier alpha value is -1.71. The van der Waals surface area contributed by atoms with Crippen molar-refractivity contribution >= 4 is 21.7 Å². The standard InChI is InChI=1S/C14H19FN2O5S/c15-12-3-2-11(14(18)19)10-13(12)16-23(20,21)9-1-4-17-5-7-22-8-6-17/h2-3,10,16H,1,4-9H2,(H,18,19). The molecule has 0 bridgehead atoms. The molecule has 1 fully saturated rings. The summed E-state index contributed by atoms with van der Waals surface area (Å²) in [6.07, 6.45) is 0.398. The van der Waals surface area contributed by atoms with Gasteiger partial charge in [0, 0.05) is 13.1 Å². The number of rotatable bonds is 7. The lowest BCUT2D eigenvalue weighted by atomic mass is 10.2. The summed E-state index contributed by atoms with van der Waals surface area (Å²) in [7, 11) is -3.74. The molecule has 0 spiro atoms. The van der Waals surface area contributed by atoms with E-state index >= 15 is 0 Å². The van der Waals surface area contributed by atoms with Crippen molar-refractivity contribution in [2.75, 3.05) is 43.3 Å². The summed E-state index contributed by atoms with van der Waals surface area (Å²) in [4.78, 5) is 13.0. The fourth-order valence-electron chi connectivity index (χ4n) is 2.26. The highest BCUT2D eigenvalue weighted by Crippen LogP contribution is 2.18. The van der Waals surface area contributed by atoms with E-state index in [0.29, 0.717) is 26.2 Å². The Morgan fingerprint density at radius 2 is 2.04 bits per heavy atom. The Balaban J connectivity index is 1.92. The van der Waals surface area contributed by atoms with Crippen LogP contribution in [-0.2, 0) is 14.8 Å². The van der Waals surface area contributed by atoms with Crippen molar-refractivity contribution in [3.63, 3.8) is 0 Å². The number of ether oxygens (including phenoxy) is 1. The molecule has 1 saturated heterocycles. The lowest BCUT2D eigenvalue weighted by Gasteiger charge is -2.26. The van der Waals surface area contributed by atoms with Crippen molar-refractivity contribution in [3.05, 3.63) is 29.6 Å². The van der Waals surface area contributed by atoms with E-state index in [1.165, 1.54) is 0 Å². The molecule has 1 aromatic rings. The van der Waals surface area contributed by atoms with Crippen LogP contribution >= 0.6 is 0 Å². The number of aromatic carboxylic acids is 1. The molecule has 1 aliphatic rings. The average Bonchev–Trinajstić information content (AvgIpc) is 2.50. The topological polar surface area (TPSA) is 95.9 Å². The second-order valence-electron chi connectivity index (χ2n) is 5.23. The average molecular weight is 346 g/mol. The van der Waals surface area contributed by atoms with Crippen molar-refractivity contribution in [1.29, 1.82) is 0 Å². The zero-order chi connectivity index (χ0) is 16.9. The fraction of sp³-hybridized carbons (Fsp3) is 0.500. The van der Waals surface area contributed by atoms with Crippen LogP contribution in [0.15, 0.2) is 18.2 Å². The molecule has 0 unspecified atom stereocenters. The van der Waals surface area contributed by atoms with Crippen LogP contribution in [0.4, 0.5) is 10.1 Å². The number of nitrogens with one attached hydrogen (secondary N) is 1.